The highest BCUT2D eigenvalue weighted by Gasteiger charge is 2.31. The van der Waals surface area contributed by atoms with E-state index in [4.69, 9.17) is 0 Å². The summed E-state index contributed by atoms with van der Waals surface area (Å²) in [5.41, 5.74) is -0.738. The monoisotopic (exact) mass is 316 g/mol. The molecule has 0 bridgehead atoms. The molecule has 8 heteroatoms. The van der Waals surface area contributed by atoms with Gasteiger partial charge < -0.3 is 10.6 Å². The number of aryl methyl sites for hydroxylation is 1. The lowest BCUT2D eigenvalue weighted by atomic mass is 10.2. The number of thiazole rings is 1. The van der Waals surface area contributed by atoms with Crippen molar-refractivity contribution in [3.63, 3.8) is 0 Å². The van der Waals surface area contributed by atoms with E-state index in [1.165, 1.54) is 18.4 Å². The van der Waals surface area contributed by atoms with Crippen LogP contribution in [0.15, 0.2) is 18.3 Å². The van der Waals surface area contributed by atoms with Gasteiger partial charge in [0.1, 0.15) is 16.6 Å². The number of hydrogen-bond donors (Lipinski definition) is 2. The first-order valence-corrected chi connectivity index (χ1v) is 7.18. The molecule has 2 rings (SSSR count). The number of hydrogen-bond acceptors (Lipinski definition) is 5. The number of nitrogens with one attached hydrogen (secondary N) is 2. The third kappa shape index (κ3) is 4.07. The summed E-state index contributed by atoms with van der Waals surface area (Å²) in [5.74, 6) is 0.336. The van der Waals surface area contributed by atoms with Gasteiger partial charge in [-0.3, -0.25) is 0 Å². The summed E-state index contributed by atoms with van der Waals surface area (Å²) in [6, 6.07) is 1.97. The van der Waals surface area contributed by atoms with Gasteiger partial charge in [-0.25, -0.2) is 9.97 Å². The molecule has 0 aliphatic heterocycles. The molecule has 0 aliphatic rings. The first-order valence-electron chi connectivity index (χ1n) is 6.37. The van der Waals surface area contributed by atoms with E-state index in [0.717, 1.165) is 28.4 Å². The highest BCUT2D eigenvalue weighted by Crippen LogP contribution is 2.32. The number of pyridine rings is 1. The predicted octanol–water partition coefficient (Wildman–Crippen LogP) is 3.77. The standard InChI is InChI=1S/C13H15F3N4S/c1-3-9-6-19-12(21-9)7-18-11-5-8(13(14,15)16)4-10(17-2)20-11/h4-6H,3,7H2,1-2H3,(H2,17,18,20). The van der Waals surface area contributed by atoms with E-state index in [0.29, 0.717) is 6.54 Å². The molecule has 2 heterocycles. The maximum Gasteiger partial charge on any atom is 0.416 e. The molecule has 2 aromatic heterocycles. The molecule has 0 amide bonds. The Morgan fingerprint density at radius 2 is 1.95 bits per heavy atom. The Labute approximate surface area is 124 Å². The SMILES string of the molecule is CCc1cnc(CNc2cc(C(F)(F)F)cc(NC)n2)s1. The van der Waals surface area contributed by atoms with Gasteiger partial charge in [-0.15, -0.1) is 11.3 Å². The van der Waals surface area contributed by atoms with Gasteiger partial charge in [-0.05, 0) is 18.6 Å². The van der Waals surface area contributed by atoms with Crippen LogP contribution < -0.4 is 10.6 Å². The lowest BCUT2D eigenvalue weighted by molar-refractivity contribution is -0.137. The fraction of sp³-hybridized carbons (Fsp3) is 0.385. The second-order valence-electron chi connectivity index (χ2n) is 4.30. The number of alkyl halides is 3. The van der Waals surface area contributed by atoms with Crippen LogP contribution in [0.1, 0.15) is 22.4 Å². The predicted molar refractivity (Wildman–Crippen MR) is 77.6 cm³/mol. The molecule has 114 valence electrons. The highest BCUT2D eigenvalue weighted by molar-refractivity contribution is 7.11. The first-order chi connectivity index (χ1) is 9.92. The average Bonchev–Trinajstić information content (AvgIpc) is 2.92. The zero-order valence-corrected chi connectivity index (χ0v) is 12.4. The van der Waals surface area contributed by atoms with E-state index in [2.05, 4.69) is 20.6 Å². The Balaban J connectivity index is 2.15. The van der Waals surface area contributed by atoms with Crippen LogP contribution in [-0.4, -0.2) is 17.0 Å². The maximum atomic E-state index is 12.8. The zero-order valence-electron chi connectivity index (χ0n) is 11.6. The molecule has 0 fully saturated rings. The van der Waals surface area contributed by atoms with Crippen molar-refractivity contribution in [2.75, 3.05) is 17.7 Å². The number of anilines is 2. The van der Waals surface area contributed by atoms with Gasteiger partial charge in [0.05, 0.1) is 12.1 Å². The molecule has 21 heavy (non-hydrogen) atoms. The Hall–Kier alpha value is -1.83. The molecule has 4 nitrogen and oxygen atoms in total. The van der Waals surface area contributed by atoms with E-state index in [9.17, 15) is 13.2 Å². The van der Waals surface area contributed by atoms with Gasteiger partial charge in [0.15, 0.2) is 0 Å². The van der Waals surface area contributed by atoms with Crippen molar-refractivity contribution in [2.45, 2.75) is 26.1 Å². The summed E-state index contributed by atoms with van der Waals surface area (Å²) in [6.07, 6.45) is -1.73. The third-order valence-corrected chi connectivity index (χ3v) is 3.92. The first kappa shape index (κ1) is 15.6. The van der Waals surface area contributed by atoms with Crippen LogP contribution in [0.5, 0.6) is 0 Å². The second-order valence-corrected chi connectivity index (χ2v) is 5.50. The van der Waals surface area contributed by atoms with Crippen molar-refractivity contribution < 1.29 is 13.2 Å². The Kier molecular flexibility index (Phi) is 4.66. The van der Waals surface area contributed by atoms with E-state index >= 15 is 0 Å². The van der Waals surface area contributed by atoms with Crippen molar-refractivity contribution in [2.24, 2.45) is 0 Å². The van der Waals surface area contributed by atoms with Crippen molar-refractivity contribution in [3.05, 3.63) is 33.8 Å². The van der Waals surface area contributed by atoms with Gasteiger partial charge in [0.25, 0.3) is 0 Å². The van der Waals surface area contributed by atoms with Crippen LogP contribution in [0.3, 0.4) is 0 Å². The Bertz CT molecular complexity index is 610. The summed E-state index contributed by atoms with van der Waals surface area (Å²) >= 11 is 1.53. The number of nitrogens with zero attached hydrogens (tertiary/aromatic N) is 2. The molecular formula is C13H15F3N4S. The average molecular weight is 316 g/mol. The van der Waals surface area contributed by atoms with E-state index in [-0.39, 0.29) is 11.6 Å². The molecule has 0 aromatic carbocycles. The largest absolute Gasteiger partial charge is 0.416 e. The minimum Gasteiger partial charge on any atom is -0.373 e. The lowest BCUT2D eigenvalue weighted by Crippen LogP contribution is -2.09. The summed E-state index contributed by atoms with van der Waals surface area (Å²) in [6.45, 7) is 2.38. The zero-order chi connectivity index (χ0) is 15.5. The quantitative estimate of drug-likeness (QED) is 0.881. The summed E-state index contributed by atoms with van der Waals surface area (Å²) in [5, 5.41) is 6.33. The van der Waals surface area contributed by atoms with Crippen LogP contribution in [-0.2, 0) is 19.1 Å². The van der Waals surface area contributed by atoms with Gasteiger partial charge >= 0.3 is 6.18 Å². The highest BCUT2D eigenvalue weighted by atomic mass is 32.1. The topological polar surface area (TPSA) is 49.8 Å². The molecule has 0 saturated heterocycles. The van der Waals surface area contributed by atoms with Gasteiger partial charge in [0.2, 0.25) is 0 Å². The molecule has 0 aliphatic carbocycles. The van der Waals surface area contributed by atoms with Crippen molar-refractivity contribution in [3.8, 4) is 0 Å². The maximum absolute atomic E-state index is 12.8. The summed E-state index contributed by atoms with van der Waals surface area (Å²) < 4.78 is 38.4. The normalized spacial score (nSPS) is 11.5. The molecule has 0 spiro atoms. The van der Waals surface area contributed by atoms with Gasteiger partial charge in [0, 0.05) is 18.1 Å². The van der Waals surface area contributed by atoms with E-state index in [1.54, 1.807) is 6.20 Å². The van der Waals surface area contributed by atoms with E-state index < -0.39 is 11.7 Å². The molecule has 2 N–H and O–H groups in total. The number of aromatic nitrogens is 2. The third-order valence-electron chi connectivity index (χ3n) is 2.78. The molecule has 2 aromatic rings. The minimum atomic E-state index is -4.40. The van der Waals surface area contributed by atoms with Crippen molar-refractivity contribution in [1.29, 1.82) is 0 Å². The van der Waals surface area contributed by atoms with Gasteiger partial charge in [-0.1, -0.05) is 6.92 Å². The molecule has 0 radical (unpaired) electrons. The van der Waals surface area contributed by atoms with Crippen LogP contribution >= 0.6 is 11.3 Å². The van der Waals surface area contributed by atoms with E-state index in [1.807, 2.05) is 6.92 Å². The number of halogens is 3. The molecule has 0 saturated carbocycles. The molecular weight excluding hydrogens is 301 g/mol. The Morgan fingerprint density at radius 3 is 2.52 bits per heavy atom. The van der Waals surface area contributed by atoms with Crippen molar-refractivity contribution >= 4 is 23.0 Å². The second kappa shape index (κ2) is 6.30. The van der Waals surface area contributed by atoms with Crippen molar-refractivity contribution in [1.82, 2.24) is 9.97 Å². The van der Waals surface area contributed by atoms with Crippen LogP contribution in [0.2, 0.25) is 0 Å². The fourth-order valence-electron chi connectivity index (χ4n) is 1.67. The summed E-state index contributed by atoms with van der Waals surface area (Å²) in [4.78, 5) is 9.41. The van der Waals surface area contributed by atoms with Gasteiger partial charge in [-0.2, -0.15) is 13.2 Å². The van der Waals surface area contributed by atoms with Crippen LogP contribution in [0, 0.1) is 0 Å². The smallest absolute Gasteiger partial charge is 0.373 e. The molecule has 0 unspecified atom stereocenters. The fourth-order valence-corrected chi connectivity index (χ4v) is 2.47. The van der Waals surface area contributed by atoms with Crippen LogP contribution in [0.25, 0.3) is 0 Å². The lowest BCUT2D eigenvalue weighted by Gasteiger charge is -2.12. The Morgan fingerprint density at radius 1 is 1.24 bits per heavy atom. The molecule has 0 atom stereocenters. The van der Waals surface area contributed by atoms with Crippen LogP contribution in [0.4, 0.5) is 24.8 Å². The minimum absolute atomic E-state index is 0.167. The number of rotatable bonds is 5. The summed E-state index contributed by atoms with van der Waals surface area (Å²) in [7, 11) is 1.53.